The first-order valence-electron chi connectivity index (χ1n) is 9.23. The maximum Gasteiger partial charge on any atom is 0.573 e. The van der Waals surface area contributed by atoms with Crippen LogP contribution < -0.4 is 20.1 Å². The largest absolute Gasteiger partial charge is 0.573 e. The third-order valence-corrected chi connectivity index (χ3v) is 4.15. The smallest absolute Gasteiger partial charge is 0.406 e. The number of alkyl halides is 6. The zero-order chi connectivity index (χ0) is 24.2. The second kappa shape index (κ2) is 9.61. The lowest BCUT2D eigenvalue weighted by atomic mass is 10.1. The SMILES string of the molecule is CCNc1nc(Nc2ccc(OC(F)(F)F)c(Cl)c2)cc(-c2cccc(OC(F)(F)F)c2)n1. The van der Waals surface area contributed by atoms with Crippen molar-refractivity contribution >= 4 is 29.1 Å². The number of nitrogens with zero attached hydrogens (tertiary/aromatic N) is 2. The van der Waals surface area contributed by atoms with E-state index in [1.54, 1.807) is 6.92 Å². The van der Waals surface area contributed by atoms with Crippen molar-refractivity contribution in [1.82, 2.24) is 9.97 Å². The minimum absolute atomic E-state index is 0.169. The predicted octanol–water partition coefficient (Wildman–Crippen LogP) is 6.77. The number of aromatic nitrogens is 2. The lowest BCUT2D eigenvalue weighted by Crippen LogP contribution is -2.17. The number of rotatable bonds is 7. The van der Waals surface area contributed by atoms with Crippen LogP contribution in [0.3, 0.4) is 0 Å². The molecule has 0 atom stereocenters. The van der Waals surface area contributed by atoms with Crippen molar-refractivity contribution in [3.8, 4) is 22.8 Å². The molecule has 0 saturated carbocycles. The molecule has 3 rings (SSSR count). The van der Waals surface area contributed by atoms with Gasteiger partial charge in [0.15, 0.2) is 0 Å². The number of benzene rings is 2. The molecule has 0 bridgehead atoms. The van der Waals surface area contributed by atoms with E-state index in [0.29, 0.717) is 12.1 Å². The Morgan fingerprint density at radius 3 is 2.27 bits per heavy atom. The predicted molar refractivity (Wildman–Crippen MR) is 110 cm³/mol. The fraction of sp³-hybridized carbons (Fsp3) is 0.200. The van der Waals surface area contributed by atoms with E-state index in [9.17, 15) is 26.3 Å². The molecule has 2 aromatic carbocycles. The van der Waals surface area contributed by atoms with Crippen molar-refractivity contribution < 1.29 is 35.8 Å². The van der Waals surface area contributed by atoms with Gasteiger partial charge in [-0.3, -0.25) is 0 Å². The highest BCUT2D eigenvalue weighted by Crippen LogP contribution is 2.34. The summed E-state index contributed by atoms with van der Waals surface area (Å²) in [5.74, 6) is -0.625. The van der Waals surface area contributed by atoms with Gasteiger partial charge in [-0.1, -0.05) is 23.7 Å². The van der Waals surface area contributed by atoms with Crippen molar-refractivity contribution in [3.63, 3.8) is 0 Å². The van der Waals surface area contributed by atoms with Gasteiger partial charge in [-0.2, -0.15) is 4.98 Å². The Kier molecular flexibility index (Phi) is 7.06. The van der Waals surface area contributed by atoms with Crippen molar-refractivity contribution in [2.24, 2.45) is 0 Å². The van der Waals surface area contributed by atoms with E-state index in [2.05, 4.69) is 30.1 Å². The van der Waals surface area contributed by atoms with E-state index in [1.165, 1.54) is 30.3 Å². The molecule has 0 aliphatic rings. The van der Waals surface area contributed by atoms with Crippen LogP contribution in [0.15, 0.2) is 48.5 Å². The van der Waals surface area contributed by atoms with Crippen LogP contribution >= 0.6 is 11.6 Å². The summed E-state index contributed by atoms with van der Waals surface area (Å²) in [5.41, 5.74) is 0.864. The van der Waals surface area contributed by atoms with E-state index in [4.69, 9.17) is 11.6 Å². The summed E-state index contributed by atoms with van der Waals surface area (Å²) >= 11 is 5.86. The zero-order valence-electron chi connectivity index (χ0n) is 16.7. The molecule has 0 unspecified atom stereocenters. The molecule has 2 N–H and O–H groups in total. The Morgan fingerprint density at radius 1 is 0.909 bits per heavy atom. The van der Waals surface area contributed by atoms with Crippen LogP contribution in [0.5, 0.6) is 11.5 Å². The minimum atomic E-state index is -4.90. The number of hydrogen-bond donors (Lipinski definition) is 2. The average molecular weight is 493 g/mol. The van der Waals surface area contributed by atoms with Gasteiger partial charge in [0, 0.05) is 23.9 Å². The highest BCUT2D eigenvalue weighted by Gasteiger charge is 2.32. The fourth-order valence-corrected chi connectivity index (χ4v) is 2.90. The lowest BCUT2D eigenvalue weighted by molar-refractivity contribution is -0.275. The Bertz CT molecular complexity index is 1120. The Labute approximate surface area is 188 Å². The normalized spacial score (nSPS) is 11.8. The molecule has 33 heavy (non-hydrogen) atoms. The third-order valence-electron chi connectivity index (χ3n) is 3.85. The number of anilines is 3. The first kappa shape index (κ1) is 24.2. The van der Waals surface area contributed by atoms with Gasteiger partial charge < -0.3 is 20.1 Å². The van der Waals surface area contributed by atoms with E-state index < -0.39 is 24.2 Å². The van der Waals surface area contributed by atoms with Crippen LogP contribution in [0.25, 0.3) is 11.3 Å². The van der Waals surface area contributed by atoms with E-state index >= 15 is 0 Å². The molecular weight excluding hydrogens is 478 g/mol. The molecule has 176 valence electrons. The molecular formula is C20H15ClF6N4O2. The Balaban J connectivity index is 1.91. The first-order valence-corrected chi connectivity index (χ1v) is 9.61. The van der Waals surface area contributed by atoms with Crippen LogP contribution in [0.4, 0.5) is 43.8 Å². The molecule has 0 spiro atoms. The van der Waals surface area contributed by atoms with Gasteiger partial charge >= 0.3 is 12.7 Å². The molecule has 0 saturated heterocycles. The average Bonchev–Trinajstić information content (AvgIpc) is 2.68. The van der Waals surface area contributed by atoms with E-state index in [0.717, 1.165) is 18.2 Å². The summed E-state index contributed by atoms with van der Waals surface area (Å²) in [4.78, 5) is 8.51. The van der Waals surface area contributed by atoms with Gasteiger partial charge in [0.2, 0.25) is 5.95 Å². The molecule has 0 aliphatic heterocycles. The van der Waals surface area contributed by atoms with Gasteiger partial charge in [-0.15, -0.1) is 26.3 Å². The third kappa shape index (κ3) is 7.31. The van der Waals surface area contributed by atoms with Crippen LogP contribution in [0.2, 0.25) is 5.02 Å². The number of hydrogen-bond acceptors (Lipinski definition) is 6. The molecule has 0 amide bonds. The first-order chi connectivity index (χ1) is 15.4. The molecule has 0 radical (unpaired) electrons. The Morgan fingerprint density at radius 2 is 1.64 bits per heavy atom. The van der Waals surface area contributed by atoms with Crippen molar-refractivity contribution in [2.75, 3.05) is 17.2 Å². The molecule has 0 aliphatic carbocycles. The van der Waals surface area contributed by atoms with Crippen LogP contribution in [0, 0.1) is 0 Å². The topological polar surface area (TPSA) is 68.3 Å². The van der Waals surface area contributed by atoms with Gasteiger partial charge in [0.25, 0.3) is 0 Å². The van der Waals surface area contributed by atoms with Crippen LogP contribution in [-0.4, -0.2) is 29.2 Å². The number of nitrogens with one attached hydrogen (secondary N) is 2. The summed E-state index contributed by atoms with van der Waals surface area (Å²) in [7, 11) is 0. The summed E-state index contributed by atoms with van der Waals surface area (Å²) < 4.78 is 82.7. The van der Waals surface area contributed by atoms with Crippen molar-refractivity contribution in [3.05, 3.63) is 53.6 Å². The minimum Gasteiger partial charge on any atom is -0.406 e. The highest BCUT2D eigenvalue weighted by atomic mass is 35.5. The number of halogens is 7. The van der Waals surface area contributed by atoms with Crippen molar-refractivity contribution in [2.45, 2.75) is 19.6 Å². The second-order valence-electron chi connectivity index (χ2n) is 6.39. The van der Waals surface area contributed by atoms with E-state index in [1.807, 2.05) is 0 Å². The molecule has 6 nitrogen and oxygen atoms in total. The van der Waals surface area contributed by atoms with Gasteiger partial charge in [0.05, 0.1) is 10.7 Å². The molecule has 13 heteroatoms. The standard InChI is InChI=1S/C20H15ClF6N4O2/c1-2-28-18-30-15(11-4-3-5-13(8-11)32-19(22,23)24)10-17(31-18)29-12-6-7-16(14(21)9-12)33-20(25,26)27/h3-10H,2H2,1H3,(H2,28,29,30,31). The summed E-state index contributed by atoms with van der Waals surface area (Å²) in [6.07, 6.45) is -9.75. The summed E-state index contributed by atoms with van der Waals surface area (Å²) in [5, 5.41) is 5.48. The van der Waals surface area contributed by atoms with Gasteiger partial charge in [0.1, 0.15) is 17.3 Å². The zero-order valence-corrected chi connectivity index (χ0v) is 17.4. The van der Waals surface area contributed by atoms with Crippen LogP contribution in [-0.2, 0) is 0 Å². The summed E-state index contributed by atoms with van der Waals surface area (Å²) in [6.45, 7) is 2.25. The van der Waals surface area contributed by atoms with Gasteiger partial charge in [-0.25, -0.2) is 4.98 Å². The number of ether oxygens (including phenoxy) is 2. The molecule has 0 fully saturated rings. The maximum absolute atomic E-state index is 12.5. The van der Waals surface area contributed by atoms with Crippen LogP contribution in [0.1, 0.15) is 6.92 Å². The Hall–Kier alpha value is -3.41. The highest BCUT2D eigenvalue weighted by molar-refractivity contribution is 6.32. The summed E-state index contributed by atoms with van der Waals surface area (Å²) in [6, 6.07) is 10.2. The monoisotopic (exact) mass is 492 g/mol. The fourth-order valence-electron chi connectivity index (χ4n) is 2.68. The lowest BCUT2D eigenvalue weighted by Gasteiger charge is -2.14. The second-order valence-corrected chi connectivity index (χ2v) is 6.79. The maximum atomic E-state index is 12.5. The molecule has 1 heterocycles. The molecule has 3 aromatic rings. The van der Waals surface area contributed by atoms with E-state index in [-0.39, 0.29) is 28.2 Å². The molecule has 1 aromatic heterocycles. The quantitative estimate of drug-likeness (QED) is 0.355. The van der Waals surface area contributed by atoms with Gasteiger partial charge in [-0.05, 0) is 37.3 Å². The van der Waals surface area contributed by atoms with Crippen molar-refractivity contribution in [1.29, 1.82) is 0 Å².